The van der Waals surface area contributed by atoms with Crippen LogP contribution in [0.3, 0.4) is 0 Å². The Labute approximate surface area is 333 Å². The van der Waals surface area contributed by atoms with Gasteiger partial charge >= 0.3 is 0 Å². The first-order valence-corrected chi connectivity index (χ1v) is 18.3. The van der Waals surface area contributed by atoms with Crippen molar-refractivity contribution in [2.24, 2.45) is 0 Å². The van der Waals surface area contributed by atoms with E-state index in [0.29, 0.717) is 16.8 Å². The fourth-order valence-electron chi connectivity index (χ4n) is 7.50. The number of benzene rings is 10. The van der Waals surface area contributed by atoms with E-state index in [1.165, 1.54) is 4.90 Å². The lowest BCUT2D eigenvalue weighted by atomic mass is 9.93. The Hall–Kier alpha value is -7.22. The van der Waals surface area contributed by atoms with Gasteiger partial charge in [0.05, 0.1) is 11.0 Å². The Morgan fingerprint density at radius 2 is 0.800 bits per heavy atom. The third kappa shape index (κ3) is 6.12. The number of hydrogen-bond donors (Lipinski definition) is 0. The quantitative estimate of drug-likeness (QED) is 0.149. The van der Waals surface area contributed by atoms with E-state index in [9.17, 15) is 11.0 Å². The zero-order valence-electron chi connectivity index (χ0n) is 37.7. The van der Waals surface area contributed by atoms with Crippen LogP contribution in [-0.4, -0.2) is 0 Å². The molecule has 0 aliphatic rings. The maximum absolute atomic E-state index is 9.64. The average molecular weight is 708 g/mol. The first-order chi connectivity index (χ1) is 30.6. The van der Waals surface area contributed by atoms with E-state index >= 15 is 0 Å². The molecule has 10 aromatic rings. The maximum atomic E-state index is 9.64. The van der Waals surface area contributed by atoms with Gasteiger partial charge in [-0.2, -0.15) is 0 Å². The van der Waals surface area contributed by atoms with Gasteiger partial charge < -0.3 is 4.90 Å². The van der Waals surface area contributed by atoms with Crippen LogP contribution in [0.1, 0.15) is 11.0 Å². The summed E-state index contributed by atoms with van der Waals surface area (Å²) in [5, 5.41) is 5.69. The monoisotopic (exact) mass is 707 g/mol. The molecule has 258 valence electrons. The van der Waals surface area contributed by atoms with Gasteiger partial charge in [0.2, 0.25) is 0 Å². The summed E-state index contributed by atoms with van der Waals surface area (Å²) in [4.78, 5) is 1.36. The van der Waals surface area contributed by atoms with Gasteiger partial charge in [-0.3, -0.25) is 0 Å². The SMILES string of the molecule is [2H]c1c([2H])c(N(c2ccc(-c3ccccc3)cc2)c2c([2H])c([2H])c(-c3cc4ccccc4c4ccccc34)c([2H])c2[2H])c([2H])c([2H])c1-c1cccc(-c2cccc3ccccc23)c1. The summed E-state index contributed by atoms with van der Waals surface area (Å²) in [7, 11) is 0. The van der Waals surface area contributed by atoms with Gasteiger partial charge in [-0.1, -0.05) is 176 Å². The van der Waals surface area contributed by atoms with Crippen LogP contribution in [0.4, 0.5) is 17.1 Å². The Morgan fingerprint density at radius 3 is 1.55 bits per heavy atom. The van der Waals surface area contributed by atoms with E-state index in [0.717, 1.165) is 54.6 Å². The molecule has 0 N–H and O–H groups in total. The van der Waals surface area contributed by atoms with Crippen molar-refractivity contribution in [3.05, 3.63) is 224 Å². The minimum Gasteiger partial charge on any atom is -0.311 e. The first kappa shape index (κ1) is 24.9. The lowest BCUT2D eigenvalue weighted by Gasteiger charge is -2.26. The molecule has 0 aliphatic carbocycles. The van der Waals surface area contributed by atoms with E-state index in [-0.39, 0.29) is 58.8 Å². The van der Waals surface area contributed by atoms with Gasteiger partial charge in [0.1, 0.15) is 0 Å². The molecule has 0 saturated carbocycles. The molecule has 0 radical (unpaired) electrons. The van der Waals surface area contributed by atoms with Crippen molar-refractivity contribution in [2.45, 2.75) is 0 Å². The second-order valence-corrected chi connectivity index (χ2v) is 13.5. The predicted molar refractivity (Wildman–Crippen MR) is 235 cm³/mol. The molecule has 10 rings (SSSR count). The van der Waals surface area contributed by atoms with Crippen LogP contribution >= 0.6 is 0 Å². The molecule has 0 amide bonds. The molecule has 0 atom stereocenters. The average Bonchev–Trinajstić information content (AvgIpc) is 3.32. The van der Waals surface area contributed by atoms with Gasteiger partial charge in [-0.25, -0.2) is 0 Å². The lowest BCUT2D eigenvalue weighted by Crippen LogP contribution is -2.09. The van der Waals surface area contributed by atoms with E-state index in [1.54, 1.807) is 18.2 Å². The number of hydrogen-bond acceptors (Lipinski definition) is 1. The molecule has 0 saturated heterocycles. The van der Waals surface area contributed by atoms with Crippen LogP contribution in [0.25, 0.3) is 76.8 Å². The van der Waals surface area contributed by atoms with E-state index < -0.39 is 12.1 Å². The second-order valence-electron chi connectivity index (χ2n) is 13.5. The Kier molecular flexibility index (Phi) is 6.33. The molecule has 0 aromatic heterocycles. The van der Waals surface area contributed by atoms with E-state index in [2.05, 4.69) is 0 Å². The van der Waals surface area contributed by atoms with Crippen molar-refractivity contribution in [3.8, 4) is 44.5 Å². The van der Waals surface area contributed by atoms with E-state index in [1.807, 2.05) is 158 Å². The lowest BCUT2D eigenvalue weighted by molar-refractivity contribution is 1.28. The van der Waals surface area contributed by atoms with Crippen molar-refractivity contribution in [2.75, 3.05) is 4.90 Å². The predicted octanol–water partition coefficient (Wildman–Crippen LogP) is 15.3. The molecule has 10 aromatic carbocycles. The Morgan fingerprint density at radius 1 is 0.273 bits per heavy atom. The van der Waals surface area contributed by atoms with Crippen LogP contribution in [0.5, 0.6) is 0 Å². The van der Waals surface area contributed by atoms with Crippen molar-refractivity contribution in [1.29, 1.82) is 0 Å². The Bertz CT molecular complexity index is 3380. The summed E-state index contributed by atoms with van der Waals surface area (Å²) in [6, 6.07) is 53.2. The summed E-state index contributed by atoms with van der Waals surface area (Å²) in [5.41, 5.74) is 4.86. The molecular weight excluding hydrogens is 663 g/mol. The van der Waals surface area contributed by atoms with Gasteiger partial charge in [0.25, 0.3) is 0 Å². The van der Waals surface area contributed by atoms with Crippen molar-refractivity contribution in [1.82, 2.24) is 0 Å². The smallest absolute Gasteiger partial charge is 0.0645 e. The molecule has 1 heteroatoms. The largest absolute Gasteiger partial charge is 0.311 e. The number of fused-ring (bicyclic) bond motifs is 4. The summed E-state index contributed by atoms with van der Waals surface area (Å²) in [5.74, 6) is 0. The minimum atomic E-state index is -0.393. The van der Waals surface area contributed by atoms with Crippen molar-refractivity contribution < 1.29 is 11.0 Å². The van der Waals surface area contributed by atoms with Crippen LogP contribution in [-0.2, 0) is 0 Å². The normalized spacial score (nSPS) is 13.3. The molecule has 0 bridgehead atoms. The van der Waals surface area contributed by atoms with Crippen molar-refractivity contribution in [3.63, 3.8) is 0 Å². The molecule has 55 heavy (non-hydrogen) atoms. The van der Waals surface area contributed by atoms with Gasteiger partial charge in [0.15, 0.2) is 0 Å². The number of rotatable bonds is 7. The highest BCUT2D eigenvalue weighted by molar-refractivity contribution is 6.13. The third-order valence-corrected chi connectivity index (χ3v) is 10.2. The summed E-state index contributed by atoms with van der Waals surface area (Å²) < 4.78 is 76.5. The van der Waals surface area contributed by atoms with Crippen molar-refractivity contribution >= 4 is 49.4 Å². The number of nitrogens with zero attached hydrogens (tertiary/aromatic N) is 1. The fourth-order valence-corrected chi connectivity index (χ4v) is 7.50. The zero-order chi connectivity index (χ0) is 43.5. The zero-order valence-corrected chi connectivity index (χ0v) is 29.7. The summed E-state index contributed by atoms with van der Waals surface area (Å²) >= 11 is 0. The molecule has 0 unspecified atom stereocenters. The second kappa shape index (κ2) is 14.0. The van der Waals surface area contributed by atoms with E-state index in [4.69, 9.17) is 0 Å². The number of anilines is 3. The molecule has 1 nitrogen and oxygen atoms in total. The molecule has 0 heterocycles. The molecular formula is C54H37N. The fraction of sp³-hybridized carbons (Fsp3) is 0. The third-order valence-electron chi connectivity index (χ3n) is 10.2. The molecule has 0 aliphatic heterocycles. The standard InChI is InChI=1S/C54H37N/c1-2-12-38(13-3-1)39-24-30-46(31-25-39)55(48-34-28-42(29-35-48)54-37-45-15-5-7-20-51(45)52-21-8-9-22-53(52)54)47-32-26-40(27-33-47)43-17-10-18-44(36-43)50-23-11-16-41-14-4-6-19-49(41)50/h1-37H/i26D,27D,28D,29D,32D,33D,34D,35D. The van der Waals surface area contributed by atoms with Crippen LogP contribution in [0.15, 0.2) is 224 Å². The highest BCUT2D eigenvalue weighted by atomic mass is 15.1. The van der Waals surface area contributed by atoms with Crippen LogP contribution < -0.4 is 4.90 Å². The van der Waals surface area contributed by atoms with Crippen LogP contribution in [0.2, 0.25) is 0 Å². The minimum absolute atomic E-state index is 0.105. The Balaban J connectivity index is 1.19. The maximum Gasteiger partial charge on any atom is 0.0645 e. The summed E-state index contributed by atoms with van der Waals surface area (Å²) in [6.07, 6.45) is 0. The van der Waals surface area contributed by atoms with Gasteiger partial charge in [-0.05, 0) is 125 Å². The topological polar surface area (TPSA) is 3.24 Å². The first-order valence-electron chi connectivity index (χ1n) is 22.3. The van der Waals surface area contributed by atoms with Gasteiger partial charge in [-0.15, -0.1) is 0 Å². The summed E-state index contributed by atoms with van der Waals surface area (Å²) in [6.45, 7) is 0. The highest BCUT2D eigenvalue weighted by Crippen LogP contribution is 2.40. The van der Waals surface area contributed by atoms with Crippen LogP contribution in [0, 0.1) is 0 Å². The molecule has 0 fully saturated rings. The molecule has 0 spiro atoms. The highest BCUT2D eigenvalue weighted by Gasteiger charge is 2.15. The van der Waals surface area contributed by atoms with Gasteiger partial charge in [0, 0.05) is 17.1 Å².